The van der Waals surface area contributed by atoms with E-state index in [0.717, 1.165) is 5.56 Å². The van der Waals surface area contributed by atoms with Crippen molar-refractivity contribution in [3.05, 3.63) is 53.6 Å². The summed E-state index contributed by atoms with van der Waals surface area (Å²) in [6.07, 6.45) is 3.13. The molecule has 0 saturated heterocycles. The minimum absolute atomic E-state index is 0.159. The molecular formula is C18H17NO5. The molecule has 0 unspecified atom stereocenters. The van der Waals surface area contributed by atoms with Gasteiger partial charge in [0.1, 0.15) is 0 Å². The van der Waals surface area contributed by atoms with Crippen LogP contribution in [0.5, 0.6) is 11.5 Å². The molecule has 24 heavy (non-hydrogen) atoms. The van der Waals surface area contributed by atoms with Gasteiger partial charge in [0.05, 0.1) is 19.5 Å². The Hall–Kier alpha value is -3.02. The molecule has 3 rings (SSSR count). The molecule has 6 nitrogen and oxygen atoms in total. The number of hydrogen-bond donors (Lipinski definition) is 0. The fourth-order valence-corrected chi connectivity index (χ4v) is 2.23. The number of cyclic esters (lactones) is 1. The molecule has 2 aromatic rings. The molecule has 0 radical (unpaired) electrons. The molecule has 1 aliphatic rings. The molecule has 0 N–H and O–H groups in total. The minimum Gasteiger partial charge on any atom is -0.490 e. The van der Waals surface area contributed by atoms with Gasteiger partial charge in [-0.3, -0.25) is 0 Å². The second-order valence-corrected chi connectivity index (χ2v) is 4.89. The largest absolute Gasteiger partial charge is 0.490 e. The number of carbonyl (C=O) groups is 1. The zero-order valence-electron chi connectivity index (χ0n) is 13.4. The fourth-order valence-electron chi connectivity index (χ4n) is 2.23. The van der Waals surface area contributed by atoms with Gasteiger partial charge in [0.25, 0.3) is 5.90 Å². The average Bonchev–Trinajstić information content (AvgIpc) is 3.21. The van der Waals surface area contributed by atoms with Crippen LogP contribution in [0.2, 0.25) is 0 Å². The van der Waals surface area contributed by atoms with Crippen molar-refractivity contribution in [1.82, 2.24) is 0 Å². The van der Waals surface area contributed by atoms with Crippen LogP contribution in [0.1, 0.15) is 25.2 Å². The summed E-state index contributed by atoms with van der Waals surface area (Å²) in [4.78, 5) is 16.1. The van der Waals surface area contributed by atoms with Gasteiger partial charge in [0.15, 0.2) is 23.0 Å². The van der Waals surface area contributed by atoms with E-state index in [1.165, 1.54) is 6.26 Å². The van der Waals surface area contributed by atoms with Gasteiger partial charge in [0.2, 0.25) is 0 Å². The third kappa shape index (κ3) is 3.32. The molecule has 1 aromatic heterocycles. The first-order valence-electron chi connectivity index (χ1n) is 7.67. The normalized spacial score (nSPS) is 15.3. The monoisotopic (exact) mass is 327 g/mol. The van der Waals surface area contributed by atoms with Crippen LogP contribution in [0.3, 0.4) is 0 Å². The predicted molar refractivity (Wildman–Crippen MR) is 88.1 cm³/mol. The number of esters is 1. The Labute approximate surface area is 139 Å². The molecule has 0 amide bonds. The van der Waals surface area contributed by atoms with Crippen LogP contribution in [0.4, 0.5) is 0 Å². The molecular weight excluding hydrogens is 310 g/mol. The van der Waals surface area contributed by atoms with Crippen LogP contribution >= 0.6 is 0 Å². The van der Waals surface area contributed by atoms with E-state index in [2.05, 4.69) is 4.99 Å². The Balaban J connectivity index is 1.90. The summed E-state index contributed by atoms with van der Waals surface area (Å²) in [5.74, 6) is 1.33. The summed E-state index contributed by atoms with van der Waals surface area (Å²) in [5, 5.41) is 0. The molecule has 1 aromatic carbocycles. The number of rotatable bonds is 6. The van der Waals surface area contributed by atoms with Crippen molar-refractivity contribution < 1.29 is 23.4 Å². The zero-order valence-corrected chi connectivity index (χ0v) is 13.4. The van der Waals surface area contributed by atoms with E-state index >= 15 is 0 Å². The van der Waals surface area contributed by atoms with Crippen molar-refractivity contribution in [3.63, 3.8) is 0 Å². The number of ether oxygens (including phenoxy) is 3. The number of carbonyl (C=O) groups excluding carboxylic acids is 1. The smallest absolute Gasteiger partial charge is 0.363 e. The maximum atomic E-state index is 12.0. The van der Waals surface area contributed by atoms with Crippen molar-refractivity contribution in [2.24, 2.45) is 4.99 Å². The van der Waals surface area contributed by atoms with Crippen LogP contribution in [0, 0.1) is 0 Å². The molecule has 6 heteroatoms. The molecule has 0 aliphatic carbocycles. The average molecular weight is 327 g/mol. The molecule has 0 bridgehead atoms. The first-order valence-corrected chi connectivity index (χ1v) is 7.67. The Kier molecular flexibility index (Phi) is 4.65. The lowest BCUT2D eigenvalue weighted by Crippen LogP contribution is -2.04. The summed E-state index contributed by atoms with van der Waals surface area (Å²) >= 11 is 0. The van der Waals surface area contributed by atoms with Gasteiger partial charge in [-0.1, -0.05) is 6.07 Å². The van der Waals surface area contributed by atoms with Gasteiger partial charge in [-0.25, -0.2) is 9.79 Å². The van der Waals surface area contributed by atoms with Crippen molar-refractivity contribution in [2.75, 3.05) is 13.2 Å². The van der Waals surface area contributed by atoms with Crippen LogP contribution < -0.4 is 9.47 Å². The highest BCUT2D eigenvalue weighted by molar-refractivity contribution is 6.11. The van der Waals surface area contributed by atoms with E-state index in [1.54, 1.807) is 30.3 Å². The van der Waals surface area contributed by atoms with E-state index < -0.39 is 5.97 Å². The molecule has 0 saturated carbocycles. The fraction of sp³-hybridized carbons (Fsp3) is 0.222. The standard InChI is InChI=1S/C18H17NO5/c1-3-21-14-8-7-12(11-16(14)22-4-2)10-13-18(20)24-17(19-13)15-6-5-9-23-15/h5-11H,3-4H2,1-2H3/b13-10+. The van der Waals surface area contributed by atoms with E-state index in [9.17, 15) is 4.79 Å². The molecule has 0 atom stereocenters. The lowest BCUT2D eigenvalue weighted by Gasteiger charge is -2.11. The first-order chi connectivity index (χ1) is 11.7. The second-order valence-electron chi connectivity index (χ2n) is 4.89. The van der Waals surface area contributed by atoms with E-state index in [1.807, 2.05) is 19.9 Å². The number of nitrogens with zero attached hydrogens (tertiary/aromatic N) is 1. The zero-order chi connectivity index (χ0) is 16.9. The lowest BCUT2D eigenvalue weighted by molar-refractivity contribution is -0.130. The molecule has 1 aliphatic heterocycles. The van der Waals surface area contributed by atoms with Crippen LogP contribution in [-0.4, -0.2) is 25.1 Å². The number of furan rings is 1. The maximum absolute atomic E-state index is 12.0. The summed E-state index contributed by atoms with van der Waals surface area (Å²) < 4.78 is 21.4. The molecule has 0 fully saturated rings. The molecule has 2 heterocycles. The highest BCUT2D eigenvalue weighted by Crippen LogP contribution is 2.30. The van der Waals surface area contributed by atoms with Gasteiger partial charge in [-0.15, -0.1) is 0 Å². The van der Waals surface area contributed by atoms with Gasteiger partial charge < -0.3 is 18.6 Å². The summed E-state index contributed by atoms with van der Waals surface area (Å²) in [6, 6.07) is 8.81. The third-order valence-electron chi connectivity index (χ3n) is 3.22. The summed E-state index contributed by atoms with van der Waals surface area (Å²) in [7, 11) is 0. The van der Waals surface area contributed by atoms with Gasteiger partial charge in [0, 0.05) is 0 Å². The highest BCUT2D eigenvalue weighted by atomic mass is 16.6. The van der Waals surface area contributed by atoms with Crippen molar-refractivity contribution >= 4 is 17.9 Å². The molecule has 0 spiro atoms. The first kappa shape index (κ1) is 15.9. The van der Waals surface area contributed by atoms with Gasteiger partial charge >= 0.3 is 5.97 Å². The van der Waals surface area contributed by atoms with Crippen LogP contribution in [-0.2, 0) is 9.53 Å². The van der Waals surface area contributed by atoms with E-state index in [4.69, 9.17) is 18.6 Å². The summed E-state index contributed by atoms with van der Waals surface area (Å²) in [5.41, 5.74) is 0.964. The Morgan fingerprint density at radius 2 is 1.92 bits per heavy atom. The highest BCUT2D eigenvalue weighted by Gasteiger charge is 2.25. The Morgan fingerprint density at radius 1 is 1.12 bits per heavy atom. The number of aliphatic imine (C=N–C) groups is 1. The van der Waals surface area contributed by atoms with Gasteiger partial charge in [-0.05, 0) is 49.8 Å². The number of benzene rings is 1. The SMILES string of the molecule is CCOc1ccc(/C=C2/N=C(c3ccco3)OC2=O)cc1OCC. The number of hydrogen-bond acceptors (Lipinski definition) is 6. The molecule has 124 valence electrons. The Bertz CT molecular complexity index is 790. The van der Waals surface area contributed by atoms with Crippen molar-refractivity contribution in [3.8, 4) is 11.5 Å². The quantitative estimate of drug-likeness (QED) is 0.600. The Morgan fingerprint density at radius 3 is 2.62 bits per heavy atom. The van der Waals surface area contributed by atoms with Crippen LogP contribution in [0.15, 0.2) is 51.7 Å². The minimum atomic E-state index is -0.520. The van der Waals surface area contributed by atoms with E-state index in [0.29, 0.717) is 30.5 Å². The van der Waals surface area contributed by atoms with Gasteiger partial charge in [-0.2, -0.15) is 0 Å². The maximum Gasteiger partial charge on any atom is 0.363 e. The predicted octanol–water partition coefficient (Wildman–Crippen LogP) is 3.42. The van der Waals surface area contributed by atoms with E-state index in [-0.39, 0.29) is 11.6 Å². The van der Waals surface area contributed by atoms with Crippen molar-refractivity contribution in [1.29, 1.82) is 0 Å². The topological polar surface area (TPSA) is 70.3 Å². The van der Waals surface area contributed by atoms with Crippen molar-refractivity contribution in [2.45, 2.75) is 13.8 Å². The summed E-state index contributed by atoms with van der Waals surface area (Å²) in [6.45, 7) is 4.87. The third-order valence-corrected chi connectivity index (χ3v) is 3.22. The van der Waals surface area contributed by atoms with Crippen LogP contribution in [0.25, 0.3) is 6.08 Å². The lowest BCUT2D eigenvalue weighted by atomic mass is 10.1. The second kappa shape index (κ2) is 7.04.